The molecule has 1 N–H and O–H groups in total. The molecule has 0 aliphatic carbocycles. The normalized spacial score (nSPS) is 11.1. The van der Waals surface area contributed by atoms with Crippen LogP contribution in [0.25, 0.3) is 11.0 Å². The topological polar surface area (TPSA) is 85.6 Å². The molecule has 0 atom stereocenters. The molecule has 0 aliphatic rings. The van der Waals surface area contributed by atoms with Crippen molar-refractivity contribution in [2.24, 2.45) is 7.05 Å². The number of amides is 1. The van der Waals surface area contributed by atoms with Crippen molar-refractivity contribution < 1.29 is 4.79 Å². The highest BCUT2D eigenvalue weighted by Gasteiger charge is 2.19. The van der Waals surface area contributed by atoms with Gasteiger partial charge in [-0.05, 0) is 25.7 Å². The lowest BCUT2D eigenvalue weighted by molar-refractivity contribution is 0.102. The van der Waals surface area contributed by atoms with Crippen LogP contribution in [0.4, 0.5) is 5.13 Å². The Hall–Kier alpha value is -2.00. The Balaban J connectivity index is 1.97. The highest BCUT2D eigenvalue weighted by atomic mass is 32.2. The van der Waals surface area contributed by atoms with Gasteiger partial charge in [0.05, 0.1) is 16.6 Å². The maximum absolute atomic E-state index is 12.7. The van der Waals surface area contributed by atoms with Gasteiger partial charge < -0.3 is 0 Å². The van der Waals surface area contributed by atoms with Gasteiger partial charge in [-0.2, -0.15) is 5.10 Å². The molecule has 120 valence electrons. The molecule has 7 nitrogen and oxygen atoms in total. The minimum Gasteiger partial charge on any atom is -0.296 e. The lowest BCUT2D eigenvalue weighted by atomic mass is 10.1. The lowest BCUT2D eigenvalue weighted by Gasteiger charge is -2.05. The zero-order valence-electron chi connectivity index (χ0n) is 13.2. The van der Waals surface area contributed by atoms with Crippen LogP contribution in [-0.2, 0) is 7.05 Å². The van der Waals surface area contributed by atoms with Crippen molar-refractivity contribution in [3.63, 3.8) is 0 Å². The van der Waals surface area contributed by atoms with Gasteiger partial charge in [0.25, 0.3) is 5.91 Å². The number of carbonyl (C=O) groups is 1. The molecule has 0 spiro atoms. The minimum absolute atomic E-state index is 0.221. The van der Waals surface area contributed by atoms with Crippen LogP contribution in [0.5, 0.6) is 0 Å². The summed E-state index contributed by atoms with van der Waals surface area (Å²) >= 11 is 2.97. The van der Waals surface area contributed by atoms with E-state index in [2.05, 4.69) is 25.6 Å². The Morgan fingerprint density at radius 3 is 2.91 bits per heavy atom. The number of rotatable bonds is 4. The quantitative estimate of drug-likeness (QED) is 0.576. The average molecular weight is 348 g/mol. The van der Waals surface area contributed by atoms with Gasteiger partial charge in [0, 0.05) is 12.7 Å². The molecule has 0 aliphatic heterocycles. The fraction of sp³-hybridized carbons (Fsp3) is 0.357. The maximum atomic E-state index is 12.7. The number of aromatic nitrogens is 5. The molecule has 23 heavy (non-hydrogen) atoms. The summed E-state index contributed by atoms with van der Waals surface area (Å²) in [5.41, 5.74) is 2.80. The Bertz CT molecular complexity index is 885. The number of aryl methyl sites for hydroxylation is 3. The second-order valence-electron chi connectivity index (χ2n) is 4.98. The predicted octanol–water partition coefficient (Wildman–Crippen LogP) is 2.80. The number of fused-ring (bicyclic) bond motifs is 1. The number of anilines is 1. The second kappa shape index (κ2) is 6.25. The highest BCUT2D eigenvalue weighted by molar-refractivity contribution is 8.01. The first-order chi connectivity index (χ1) is 11.0. The summed E-state index contributed by atoms with van der Waals surface area (Å²) in [5, 5.41) is 16.5. The molecule has 3 aromatic rings. The SMILES string of the molecule is CCSc1nnc(NC(=O)c2cc(C)nc3c2c(C)nn3C)s1. The zero-order chi connectivity index (χ0) is 16.6. The average Bonchev–Trinajstić information content (AvgIpc) is 3.04. The molecule has 0 aromatic carbocycles. The van der Waals surface area contributed by atoms with Crippen molar-refractivity contribution in [1.29, 1.82) is 0 Å². The van der Waals surface area contributed by atoms with Gasteiger partial charge in [0.1, 0.15) is 0 Å². The Morgan fingerprint density at radius 2 is 2.17 bits per heavy atom. The van der Waals surface area contributed by atoms with E-state index in [0.29, 0.717) is 16.3 Å². The van der Waals surface area contributed by atoms with Crippen LogP contribution in [0.3, 0.4) is 0 Å². The third-order valence-corrected chi connectivity index (χ3v) is 5.09. The summed E-state index contributed by atoms with van der Waals surface area (Å²) < 4.78 is 2.53. The fourth-order valence-corrected chi connectivity index (χ4v) is 4.00. The Morgan fingerprint density at radius 1 is 1.39 bits per heavy atom. The molecule has 0 saturated carbocycles. The second-order valence-corrected chi connectivity index (χ2v) is 7.47. The van der Waals surface area contributed by atoms with Gasteiger partial charge in [-0.3, -0.25) is 14.8 Å². The van der Waals surface area contributed by atoms with Crippen molar-refractivity contribution in [2.75, 3.05) is 11.1 Å². The number of nitrogens with zero attached hydrogens (tertiary/aromatic N) is 5. The van der Waals surface area contributed by atoms with E-state index in [1.807, 2.05) is 27.8 Å². The first-order valence-electron chi connectivity index (χ1n) is 7.08. The van der Waals surface area contributed by atoms with Gasteiger partial charge in [0.15, 0.2) is 9.99 Å². The monoisotopic (exact) mass is 348 g/mol. The number of hydrogen-bond acceptors (Lipinski definition) is 7. The molecule has 0 unspecified atom stereocenters. The summed E-state index contributed by atoms with van der Waals surface area (Å²) in [6.45, 7) is 5.78. The molecular formula is C14H16N6OS2. The van der Waals surface area contributed by atoms with E-state index < -0.39 is 0 Å². The van der Waals surface area contributed by atoms with E-state index in [1.54, 1.807) is 22.5 Å². The van der Waals surface area contributed by atoms with Crippen molar-refractivity contribution >= 4 is 45.2 Å². The van der Waals surface area contributed by atoms with Gasteiger partial charge in [-0.25, -0.2) is 4.98 Å². The van der Waals surface area contributed by atoms with E-state index in [9.17, 15) is 4.79 Å². The van der Waals surface area contributed by atoms with E-state index in [4.69, 9.17) is 0 Å². The van der Waals surface area contributed by atoms with Crippen LogP contribution in [0, 0.1) is 13.8 Å². The Kier molecular flexibility index (Phi) is 4.31. The predicted molar refractivity (Wildman–Crippen MR) is 92.2 cm³/mol. The molecular weight excluding hydrogens is 332 g/mol. The Labute approximate surface area is 141 Å². The first kappa shape index (κ1) is 15.9. The smallest absolute Gasteiger partial charge is 0.258 e. The number of nitrogens with one attached hydrogen (secondary N) is 1. The van der Waals surface area contributed by atoms with E-state index in [-0.39, 0.29) is 5.91 Å². The van der Waals surface area contributed by atoms with Crippen molar-refractivity contribution in [2.45, 2.75) is 25.1 Å². The van der Waals surface area contributed by atoms with Crippen LogP contribution in [0.15, 0.2) is 10.4 Å². The third kappa shape index (κ3) is 3.06. The van der Waals surface area contributed by atoms with Crippen molar-refractivity contribution in [3.8, 4) is 0 Å². The molecule has 1 amide bonds. The molecule has 3 rings (SSSR count). The van der Waals surface area contributed by atoms with E-state index in [1.165, 1.54) is 11.3 Å². The molecule has 3 heterocycles. The van der Waals surface area contributed by atoms with E-state index >= 15 is 0 Å². The van der Waals surface area contributed by atoms with Gasteiger partial charge in [-0.15, -0.1) is 10.2 Å². The molecule has 0 bridgehead atoms. The van der Waals surface area contributed by atoms with Gasteiger partial charge in [-0.1, -0.05) is 30.0 Å². The van der Waals surface area contributed by atoms with E-state index in [0.717, 1.165) is 26.9 Å². The van der Waals surface area contributed by atoms with Crippen LogP contribution in [-0.4, -0.2) is 36.6 Å². The van der Waals surface area contributed by atoms with Crippen molar-refractivity contribution in [1.82, 2.24) is 25.0 Å². The lowest BCUT2D eigenvalue weighted by Crippen LogP contribution is -2.13. The number of thioether (sulfide) groups is 1. The summed E-state index contributed by atoms with van der Waals surface area (Å²) in [7, 11) is 1.82. The highest BCUT2D eigenvalue weighted by Crippen LogP contribution is 2.27. The third-order valence-electron chi connectivity index (χ3n) is 3.24. The van der Waals surface area contributed by atoms with Gasteiger partial charge in [0.2, 0.25) is 5.13 Å². The van der Waals surface area contributed by atoms with Crippen LogP contribution in [0.1, 0.15) is 28.7 Å². The summed E-state index contributed by atoms with van der Waals surface area (Å²) in [6, 6.07) is 1.77. The van der Waals surface area contributed by atoms with Crippen LogP contribution < -0.4 is 5.32 Å². The number of carbonyl (C=O) groups excluding carboxylic acids is 1. The maximum Gasteiger partial charge on any atom is 0.258 e. The first-order valence-corrected chi connectivity index (χ1v) is 8.88. The number of hydrogen-bond donors (Lipinski definition) is 1. The summed E-state index contributed by atoms with van der Waals surface area (Å²) in [4.78, 5) is 17.1. The van der Waals surface area contributed by atoms with Gasteiger partial charge >= 0.3 is 0 Å². The molecule has 0 radical (unpaired) electrons. The zero-order valence-corrected chi connectivity index (χ0v) is 14.9. The molecule has 9 heteroatoms. The summed E-state index contributed by atoms with van der Waals surface area (Å²) in [6.07, 6.45) is 0. The van der Waals surface area contributed by atoms with Crippen molar-refractivity contribution in [3.05, 3.63) is 23.0 Å². The largest absolute Gasteiger partial charge is 0.296 e. The molecule has 3 aromatic heterocycles. The van der Waals surface area contributed by atoms with Crippen LogP contribution >= 0.6 is 23.1 Å². The standard InChI is InChI=1S/C14H16N6OS2/c1-5-22-14-18-17-13(23-14)16-12(21)9-6-7(2)15-11-10(9)8(3)19-20(11)4/h6H,5H2,1-4H3,(H,16,17,21). The number of pyridine rings is 1. The molecule has 0 saturated heterocycles. The summed E-state index contributed by atoms with van der Waals surface area (Å²) in [5.74, 6) is 0.697. The molecule has 0 fully saturated rings. The minimum atomic E-state index is -0.221. The van der Waals surface area contributed by atoms with Crippen LogP contribution in [0.2, 0.25) is 0 Å². The fourth-order valence-electron chi connectivity index (χ4n) is 2.36.